The molecule has 0 spiro atoms. The van der Waals surface area contributed by atoms with Gasteiger partial charge in [0.15, 0.2) is 0 Å². The summed E-state index contributed by atoms with van der Waals surface area (Å²) in [7, 11) is 0. The van der Waals surface area contributed by atoms with Crippen LogP contribution in [0.3, 0.4) is 0 Å². The van der Waals surface area contributed by atoms with Gasteiger partial charge in [0.05, 0.1) is 6.10 Å². The third-order valence-electron chi connectivity index (χ3n) is 3.74. The first-order valence-corrected chi connectivity index (χ1v) is 7.53. The maximum absolute atomic E-state index is 10.1. The molecule has 0 radical (unpaired) electrons. The van der Waals surface area contributed by atoms with Gasteiger partial charge in [0.2, 0.25) is 0 Å². The molecule has 0 saturated heterocycles. The third kappa shape index (κ3) is 5.06. The minimum absolute atomic E-state index is 0.200. The zero-order chi connectivity index (χ0) is 15.9. The van der Waals surface area contributed by atoms with Gasteiger partial charge in [0.1, 0.15) is 11.5 Å². The predicted molar refractivity (Wildman–Crippen MR) is 87.0 cm³/mol. The van der Waals surface area contributed by atoms with Gasteiger partial charge < -0.3 is 20.6 Å². The van der Waals surface area contributed by atoms with E-state index in [-0.39, 0.29) is 17.5 Å². The van der Waals surface area contributed by atoms with Crippen molar-refractivity contribution in [2.24, 2.45) is 0 Å². The average Bonchev–Trinajstić information content (AvgIpc) is 2.52. The summed E-state index contributed by atoms with van der Waals surface area (Å²) in [5, 5.41) is 31.9. The second kappa shape index (κ2) is 7.82. The largest absolute Gasteiger partial charge is 0.508 e. The van der Waals surface area contributed by atoms with Crippen LogP contribution in [-0.2, 0) is 6.42 Å². The highest BCUT2D eigenvalue weighted by Crippen LogP contribution is 2.16. The van der Waals surface area contributed by atoms with Gasteiger partial charge in [-0.15, -0.1) is 0 Å². The quantitative estimate of drug-likeness (QED) is 0.634. The maximum Gasteiger partial charge on any atom is 0.115 e. The van der Waals surface area contributed by atoms with E-state index in [1.165, 1.54) is 5.56 Å². The molecule has 2 aromatic carbocycles. The van der Waals surface area contributed by atoms with Crippen LogP contribution in [0.25, 0.3) is 0 Å². The van der Waals surface area contributed by atoms with Crippen LogP contribution in [0, 0.1) is 0 Å². The molecule has 22 heavy (non-hydrogen) atoms. The summed E-state index contributed by atoms with van der Waals surface area (Å²) in [4.78, 5) is 0. The lowest BCUT2D eigenvalue weighted by atomic mass is 10.1. The van der Waals surface area contributed by atoms with E-state index < -0.39 is 6.10 Å². The summed E-state index contributed by atoms with van der Waals surface area (Å²) >= 11 is 0. The fourth-order valence-electron chi connectivity index (χ4n) is 2.27. The van der Waals surface area contributed by atoms with Gasteiger partial charge in [0.25, 0.3) is 0 Å². The molecule has 0 fully saturated rings. The Morgan fingerprint density at radius 1 is 0.909 bits per heavy atom. The minimum Gasteiger partial charge on any atom is -0.508 e. The van der Waals surface area contributed by atoms with Crippen molar-refractivity contribution in [3.8, 4) is 11.5 Å². The smallest absolute Gasteiger partial charge is 0.115 e. The van der Waals surface area contributed by atoms with Crippen molar-refractivity contribution in [1.29, 1.82) is 0 Å². The Hall–Kier alpha value is -2.04. The number of phenolic OH excluding ortho intramolecular Hbond substituents is 2. The molecule has 4 nitrogen and oxygen atoms in total. The summed E-state index contributed by atoms with van der Waals surface area (Å²) in [6.07, 6.45) is 1.29. The number of phenols is 2. The monoisotopic (exact) mass is 301 g/mol. The molecule has 0 amide bonds. The van der Waals surface area contributed by atoms with Crippen LogP contribution in [0.5, 0.6) is 11.5 Å². The van der Waals surface area contributed by atoms with Gasteiger partial charge in [-0.3, -0.25) is 0 Å². The minimum atomic E-state index is -0.586. The zero-order valence-electron chi connectivity index (χ0n) is 12.7. The van der Waals surface area contributed by atoms with E-state index in [2.05, 4.69) is 12.2 Å². The molecule has 2 aromatic rings. The number of hydrogen-bond acceptors (Lipinski definition) is 4. The van der Waals surface area contributed by atoms with Crippen LogP contribution in [0.4, 0.5) is 0 Å². The Morgan fingerprint density at radius 3 is 2.05 bits per heavy atom. The van der Waals surface area contributed by atoms with E-state index in [0.29, 0.717) is 6.54 Å². The van der Waals surface area contributed by atoms with E-state index >= 15 is 0 Å². The molecule has 118 valence electrons. The van der Waals surface area contributed by atoms with E-state index in [0.717, 1.165) is 18.4 Å². The maximum atomic E-state index is 10.1. The Morgan fingerprint density at radius 2 is 1.45 bits per heavy atom. The molecule has 0 bridgehead atoms. The van der Waals surface area contributed by atoms with Crippen LogP contribution < -0.4 is 5.32 Å². The van der Waals surface area contributed by atoms with E-state index in [1.807, 2.05) is 12.1 Å². The van der Waals surface area contributed by atoms with E-state index in [9.17, 15) is 15.3 Å². The topological polar surface area (TPSA) is 72.7 Å². The average molecular weight is 301 g/mol. The van der Waals surface area contributed by atoms with Crippen molar-refractivity contribution >= 4 is 0 Å². The van der Waals surface area contributed by atoms with E-state index in [4.69, 9.17) is 0 Å². The summed E-state index contributed by atoms with van der Waals surface area (Å²) in [6, 6.07) is 14.1. The van der Waals surface area contributed by atoms with E-state index in [1.54, 1.807) is 36.4 Å². The van der Waals surface area contributed by atoms with Crippen LogP contribution in [0.1, 0.15) is 30.6 Å². The van der Waals surface area contributed by atoms with Gasteiger partial charge in [-0.1, -0.05) is 24.3 Å². The Balaban J connectivity index is 1.73. The number of nitrogens with one attached hydrogen (secondary N) is 1. The van der Waals surface area contributed by atoms with Crippen molar-refractivity contribution in [3.05, 3.63) is 59.7 Å². The van der Waals surface area contributed by atoms with Gasteiger partial charge in [-0.25, -0.2) is 0 Å². The molecule has 2 rings (SSSR count). The number of aliphatic hydroxyl groups excluding tert-OH is 1. The molecule has 0 aliphatic heterocycles. The fraction of sp³-hybridized carbons (Fsp3) is 0.333. The first-order valence-electron chi connectivity index (χ1n) is 7.53. The van der Waals surface area contributed by atoms with Gasteiger partial charge in [0, 0.05) is 12.6 Å². The summed E-state index contributed by atoms with van der Waals surface area (Å²) in [5.74, 6) is 0.484. The highest BCUT2D eigenvalue weighted by Gasteiger charge is 2.09. The zero-order valence-corrected chi connectivity index (χ0v) is 12.7. The standard InChI is InChI=1S/C18H23NO3/c1-13(2-3-14-4-8-16(20)9-5-14)19-12-18(22)15-6-10-17(21)11-7-15/h4-11,13,18-22H,2-3,12H2,1H3/t13-,18-/m0/s1. The van der Waals surface area contributed by atoms with Gasteiger partial charge in [-0.05, 0) is 55.2 Å². The molecule has 0 aromatic heterocycles. The van der Waals surface area contributed by atoms with Crippen LogP contribution in [-0.4, -0.2) is 27.9 Å². The number of aryl methyl sites for hydroxylation is 1. The SMILES string of the molecule is C[C@@H](CCc1ccc(O)cc1)NC[C@H](O)c1ccc(O)cc1. The molecule has 0 aliphatic rings. The normalized spacial score (nSPS) is 13.7. The van der Waals surface area contributed by atoms with Crippen molar-refractivity contribution in [2.75, 3.05) is 6.54 Å². The molecule has 0 heterocycles. The van der Waals surface area contributed by atoms with Crippen molar-refractivity contribution in [2.45, 2.75) is 31.9 Å². The summed E-state index contributed by atoms with van der Waals surface area (Å²) in [5.41, 5.74) is 1.97. The number of aliphatic hydroxyl groups is 1. The highest BCUT2D eigenvalue weighted by molar-refractivity contribution is 5.27. The second-order valence-electron chi connectivity index (χ2n) is 5.62. The molecule has 2 atom stereocenters. The van der Waals surface area contributed by atoms with Gasteiger partial charge in [-0.2, -0.15) is 0 Å². The van der Waals surface area contributed by atoms with Crippen LogP contribution >= 0.6 is 0 Å². The summed E-state index contributed by atoms with van der Waals surface area (Å²) in [6.45, 7) is 2.56. The Labute approximate surface area is 131 Å². The van der Waals surface area contributed by atoms with Crippen molar-refractivity contribution < 1.29 is 15.3 Å². The lowest BCUT2D eigenvalue weighted by Gasteiger charge is -2.17. The predicted octanol–water partition coefficient (Wildman–Crippen LogP) is 2.74. The molecule has 0 saturated carbocycles. The lowest BCUT2D eigenvalue weighted by Crippen LogP contribution is -2.30. The Bertz CT molecular complexity index is 566. The van der Waals surface area contributed by atoms with Crippen molar-refractivity contribution in [1.82, 2.24) is 5.32 Å². The molecule has 0 unspecified atom stereocenters. The number of hydrogen-bond donors (Lipinski definition) is 4. The first kappa shape index (κ1) is 16.3. The van der Waals surface area contributed by atoms with Crippen LogP contribution in [0.15, 0.2) is 48.5 Å². The molecular formula is C18H23NO3. The fourth-order valence-corrected chi connectivity index (χ4v) is 2.27. The van der Waals surface area contributed by atoms with Gasteiger partial charge >= 0.3 is 0 Å². The third-order valence-corrected chi connectivity index (χ3v) is 3.74. The molecular weight excluding hydrogens is 278 g/mol. The number of rotatable bonds is 7. The van der Waals surface area contributed by atoms with Crippen molar-refractivity contribution in [3.63, 3.8) is 0 Å². The van der Waals surface area contributed by atoms with Crippen LogP contribution in [0.2, 0.25) is 0 Å². The molecule has 0 aliphatic carbocycles. The summed E-state index contributed by atoms with van der Waals surface area (Å²) < 4.78 is 0. The Kier molecular flexibility index (Phi) is 5.81. The molecule has 4 N–H and O–H groups in total. The number of benzene rings is 2. The lowest BCUT2D eigenvalue weighted by molar-refractivity contribution is 0.170. The second-order valence-corrected chi connectivity index (χ2v) is 5.62. The molecule has 4 heteroatoms. The first-order chi connectivity index (χ1) is 10.5. The number of aromatic hydroxyl groups is 2. The highest BCUT2D eigenvalue weighted by atomic mass is 16.3.